The number of aliphatic hydroxyl groups excluding tert-OH is 2. The molecule has 0 spiro atoms. The fraction of sp³-hybridized carbons (Fsp3) is 0.633. The lowest BCUT2D eigenvalue weighted by molar-refractivity contribution is -0.172. The molecule has 25 heteroatoms. The SMILES string of the molecule is C.CCC(OC)C1C(=O)OC(=O)C1C.CCO.CCOC(=O)C(C(CC(C(=O)O)C(C(=O)OCCNC(=O)c1ccc(N(C)C)cc1)C(CC)OC)OC)C(CC(OC)C1C(=O)OC(=O)C1C)C(=O)O.CN(C)c1ccc(C(=O)CCCO)cc1. The number of hydrogen-bond acceptors (Lipinski definition) is 22. The first kappa shape index (κ1) is 78.1. The number of aliphatic hydroxyl groups is 2. The molecule has 0 aliphatic carbocycles. The molecular weight excluding hydrogens is 1110 g/mol. The lowest BCUT2D eigenvalue weighted by Crippen LogP contribution is -2.47. The minimum absolute atomic E-state index is 0. The largest absolute Gasteiger partial charge is 0.481 e. The maximum Gasteiger partial charge on any atom is 0.320 e. The van der Waals surface area contributed by atoms with E-state index in [1.54, 1.807) is 45.0 Å². The van der Waals surface area contributed by atoms with Gasteiger partial charge in [-0.2, -0.15) is 0 Å². The number of ketones is 1. The summed E-state index contributed by atoms with van der Waals surface area (Å²) in [5, 5.41) is 39.7. The van der Waals surface area contributed by atoms with Crippen LogP contribution in [0, 0.1) is 47.3 Å². The Hall–Kier alpha value is -6.90. The van der Waals surface area contributed by atoms with E-state index in [1.165, 1.54) is 35.2 Å². The maximum atomic E-state index is 13.6. The summed E-state index contributed by atoms with van der Waals surface area (Å²) in [6.45, 7) is 9.62. The van der Waals surface area contributed by atoms with E-state index in [9.17, 15) is 58.2 Å². The normalized spacial score (nSPS) is 18.8. The number of amides is 1. The molecule has 1 amide bonds. The summed E-state index contributed by atoms with van der Waals surface area (Å²) in [5.74, 6) is -17.3. The molecule has 2 aromatic carbocycles. The van der Waals surface area contributed by atoms with E-state index in [0.717, 1.165) is 18.5 Å². The number of nitrogens with one attached hydrogen (secondary N) is 1. The van der Waals surface area contributed by atoms with Crippen LogP contribution in [-0.4, -0.2) is 194 Å². The number of benzene rings is 2. The van der Waals surface area contributed by atoms with Crippen molar-refractivity contribution in [2.24, 2.45) is 47.3 Å². The van der Waals surface area contributed by atoms with E-state index in [2.05, 4.69) is 10.1 Å². The number of ether oxygens (including phenoxy) is 8. The number of nitrogens with zero attached hydrogens (tertiary/aromatic N) is 2. The monoisotopic (exact) mass is 1210 g/mol. The molecule has 12 atom stereocenters. The molecule has 0 radical (unpaired) electrons. The summed E-state index contributed by atoms with van der Waals surface area (Å²) >= 11 is 0. The Kier molecular flexibility index (Phi) is 37.1. The smallest absolute Gasteiger partial charge is 0.320 e. The zero-order chi connectivity index (χ0) is 64.0. The average molecular weight is 1210 g/mol. The molecule has 0 aromatic heterocycles. The number of anilines is 2. The fourth-order valence-corrected chi connectivity index (χ4v) is 9.53. The van der Waals surface area contributed by atoms with Gasteiger partial charge in [-0.05, 0) is 94.5 Å². The quantitative estimate of drug-likeness (QED) is 0.0221. The second-order valence-electron chi connectivity index (χ2n) is 20.1. The predicted octanol–water partition coefficient (Wildman–Crippen LogP) is 4.88. The van der Waals surface area contributed by atoms with E-state index >= 15 is 0 Å². The summed E-state index contributed by atoms with van der Waals surface area (Å²) in [4.78, 5) is 128. The van der Waals surface area contributed by atoms with Crippen LogP contribution in [0.2, 0.25) is 0 Å². The first-order chi connectivity index (χ1) is 39.7. The van der Waals surface area contributed by atoms with Crippen LogP contribution in [0.15, 0.2) is 48.5 Å². The van der Waals surface area contributed by atoms with Gasteiger partial charge in [0.05, 0.1) is 84.9 Å². The summed E-state index contributed by atoms with van der Waals surface area (Å²) in [6, 6.07) is 14.3. The van der Waals surface area contributed by atoms with Crippen LogP contribution in [-0.2, 0) is 76.3 Å². The molecule has 85 heavy (non-hydrogen) atoms. The van der Waals surface area contributed by atoms with Gasteiger partial charge in [-0.3, -0.25) is 47.9 Å². The Balaban J connectivity index is 0.00000177. The van der Waals surface area contributed by atoms with Gasteiger partial charge in [0.1, 0.15) is 6.61 Å². The van der Waals surface area contributed by atoms with Crippen LogP contribution >= 0.6 is 0 Å². The molecule has 4 rings (SSSR count). The first-order valence-electron chi connectivity index (χ1n) is 27.7. The standard InChI is InChI=1S/C36H52N2O15.C12H17NO2.C9H14O4.C2H6O.CH4/c1-9-24(48-6)28(35(46)52-16-15-37-30(39)20-11-13-21(14-12-20)38(4)5)22(31(40)41)18-26(50-8)29(34(45)51-10-2)23(32(42)43)17-25(49-7)27-19(3)33(44)53-36(27)47;1-13(2)11-7-5-10(6-8-11)12(15)4-3-9-14;1-4-6(12-3)7-5(2)8(10)13-9(7)11;1-2-3;/h11-14,19,22-29H,9-10,15-18H2,1-8H3,(H,37,39)(H,40,41)(H,42,43);5-8,14H,3-4,9H2,1-2H3;5-7H,4H2,1-3H3;3H,2H2,1H3;1H4. The van der Waals surface area contributed by atoms with Crippen LogP contribution in [0.1, 0.15) is 108 Å². The van der Waals surface area contributed by atoms with Gasteiger partial charge in [-0.25, -0.2) is 0 Å². The van der Waals surface area contributed by atoms with Gasteiger partial charge in [0.15, 0.2) is 5.78 Å². The van der Waals surface area contributed by atoms with Crippen molar-refractivity contribution >= 4 is 70.8 Å². The molecule has 12 unspecified atom stereocenters. The van der Waals surface area contributed by atoms with Crippen LogP contribution in [0.3, 0.4) is 0 Å². The van der Waals surface area contributed by atoms with E-state index in [4.69, 9.17) is 43.4 Å². The third-order valence-corrected chi connectivity index (χ3v) is 14.2. The van der Waals surface area contributed by atoms with Gasteiger partial charge in [-0.15, -0.1) is 0 Å². The predicted molar refractivity (Wildman–Crippen MR) is 311 cm³/mol. The van der Waals surface area contributed by atoms with Gasteiger partial charge in [-0.1, -0.05) is 35.1 Å². The number of carboxylic acids is 2. The Morgan fingerprint density at radius 3 is 1.38 bits per heavy atom. The number of hydrogen-bond donors (Lipinski definition) is 5. The highest BCUT2D eigenvalue weighted by molar-refractivity contribution is 5.98. The zero-order valence-corrected chi connectivity index (χ0v) is 50.9. The van der Waals surface area contributed by atoms with E-state index in [-0.39, 0.29) is 64.6 Å². The molecule has 0 saturated carbocycles. The van der Waals surface area contributed by atoms with Crippen molar-refractivity contribution in [3.8, 4) is 0 Å². The van der Waals surface area contributed by atoms with Crippen molar-refractivity contribution < 1.29 is 106 Å². The highest BCUT2D eigenvalue weighted by Gasteiger charge is 2.52. The number of methoxy groups -OCH3 is 4. The average Bonchev–Trinajstić information content (AvgIpc) is 4.03. The number of cyclic esters (lactones) is 4. The lowest BCUT2D eigenvalue weighted by Gasteiger charge is -2.35. The fourth-order valence-electron chi connectivity index (χ4n) is 9.53. The molecule has 2 aliphatic rings. The van der Waals surface area contributed by atoms with Crippen LogP contribution in [0.4, 0.5) is 11.4 Å². The molecule has 0 bridgehead atoms. The first-order valence-corrected chi connectivity index (χ1v) is 27.7. The Morgan fingerprint density at radius 1 is 0.588 bits per heavy atom. The summed E-state index contributed by atoms with van der Waals surface area (Å²) in [5.41, 5.74) is 3.06. The lowest BCUT2D eigenvalue weighted by atomic mass is 9.75. The van der Waals surface area contributed by atoms with Crippen molar-refractivity contribution in [1.82, 2.24) is 5.32 Å². The Morgan fingerprint density at radius 2 is 1.01 bits per heavy atom. The molecule has 2 aliphatic heterocycles. The summed E-state index contributed by atoms with van der Waals surface area (Å²) in [7, 11) is 12.8. The number of carbonyl (C=O) groups excluding carboxylic acids is 8. The number of carbonyl (C=O) groups is 10. The number of carboxylic acid groups (broad SMARTS) is 2. The molecule has 2 aromatic rings. The van der Waals surface area contributed by atoms with Gasteiger partial charge in [0.25, 0.3) is 5.91 Å². The van der Waals surface area contributed by atoms with Gasteiger partial charge >= 0.3 is 47.8 Å². The number of aliphatic carboxylic acids is 2. The third-order valence-electron chi connectivity index (χ3n) is 14.2. The second-order valence-corrected chi connectivity index (χ2v) is 20.1. The van der Waals surface area contributed by atoms with Crippen LogP contribution in [0.25, 0.3) is 0 Å². The minimum Gasteiger partial charge on any atom is -0.481 e. The minimum atomic E-state index is -1.67. The number of esters is 6. The van der Waals surface area contributed by atoms with Gasteiger partial charge < -0.3 is 73.4 Å². The number of rotatable bonds is 31. The number of Topliss-reactive ketones (excluding diaryl/α,β-unsaturated/α-hetero) is 1. The van der Waals surface area contributed by atoms with Crippen molar-refractivity contribution in [2.75, 3.05) is 99.4 Å². The molecule has 25 nitrogen and oxygen atoms in total. The highest BCUT2D eigenvalue weighted by Crippen LogP contribution is 2.37. The van der Waals surface area contributed by atoms with Crippen LogP contribution < -0.4 is 15.1 Å². The van der Waals surface area contributed by atoms with Crippen LogP contribution in [0.5, 0.6) is 0 Å². The summed E-state index contributed by atoms with van der Waals surface area (Å²) < 4.78 is 41.5. The molecular formula is C60H93N3O22. The topological polar surface area (TPSA) is 344 Å². The summed E-state index contributed by atoms with van der Waals surface area (Å²) in [6.07, 6.45) is -3.12. The van der Waals surface area contributed by atoms with E-state index in [0.29, 0.717) is 30.4 Å². The second kappa shape index (κ2) is 40.4. The van der Waals surface area contributed by atoms with E-state index < -0.39 is 126 Å². The maximum absolute atomic E-state index is 13.6. The van der Waals surface area contributed by atoms with Crippen molar-refractivity contribution in [3.63, 3.8) is 0 Å². The Labute approximate surface area is 499 Å². The van der Waals surface area contributed by atoms with Crippen molar-refractivity contribution in [2.45, 2.75) is 112 Å². The van der Waals surface area contributed by atoms with Crippen molar-refractivity contribution in [3.05, 3.63) is 59.7 Å². The third kappa shape index (κ3) is 23.8. The zero-order valence-electron chi connectivity index (χ0n) is 50.9. The van der Waals surface area contributed by atoms with Gasteiger partial charge in [0, 0.05) is 98.8 Å². The molecule has 2 saturated heterocycles. The Bertz CT molecular complexity index is 2410. The highest BCUT2D eigenvalue weighted by atomic mass is 16.6. The molecule has 480 valence electrons. The molecule has 2 heterocycles. The van der Waals surface area contributed by atoms with Gasteiger partial charge in [0.2, 0.25) is 0 Å². The molecule has 2 fully saturated rings. The molecule has 5 N–H and O–H groups in total. The van der Waals surface area contributed by atoms with Crippen molar-refractivity contribution in [1.29, 1.82) is 0 Å². The van der Waals surface area contributed by atoms with E-state index in [1.807, 2.05) is 69.2 Å².